The molecule has 3 rings (SSSR count). The fraction of sp³-hybridized carbons (Fsp3) is 0.263. The van der Waals surface area contributed by atoms with E-state index in [0.717, 1.165) is 16.5 Å². The summed E-state index contributed by atoms with van der Waals surface area (Å²) in [6.07, 6.45) is 1.49. The van der Waals surface area contributed by atoms with Gasteiger partial charge in [0.05, 0.1) is 18.6 Å². The Balaban J connectivity index is 1.76. The van der Waals surface area contributed by atoms with E-state index in [9.17, 15) is 9.59 Å². The highest BCUT2D eigenvalue weighted by Crippen LogP contribution is 2.24. The third-order valence-corrected chi connectivity index (χ3v) is 3.85. The summed E-state index contributed by atoms with van der Waals surface area (Å²) in [4.78, 5) is 28.2. The molecule has 0 aliphatic heterocycles. The van der Waals surface area contributed by atoms with Crippen LogP contribution in [0.3, 0.4) is 0 Å². The molecule has 2 aromatic heterocycles. The van der Waals surface area contributed by atoms with Crippen molar-refractivity contribution < 1.29 is 18.8 Å². The molecule has 26 heavy (non-hydrogen) atoms. The van der Waals surface area contributed by atoms with Crippen molar-refractivity contribution in [3.8, 4) is 0 Å². The molecule has 3 aromatic rings. The van der Waals surface area contributed by atoms with E-state index in [4.69, 9.17) is 9.26 Å². The van der Waals surface area contributed by atoms with Crippen LogP contribution in [-0.4, -0.2) is 28.6 Å². The van der Waals surface area contributed by atoms with Gasteiger partial charge in [0, 0.05) is 11.6 Å². The van der Waals surface area contributed by atoms with Gasteiger partial charge in [-0.05, 0) is 50.1 Å². The first-order valence-corrected chi connectivity index (χ1v) is 8.26. The van der Waals surface area contributed by atoms with Crippen molar-refractivity contribution in [2.45, 2.75) is 27.2 Å². The molecule has 0 saturated heterocycles. The van der Waals surface area contributed by atoms with E-state index in [1.807, 2.05) is 26.0 Å². The van der Waals surface area contributed by atoms with Crippen LogP contribution >= 0.6 is 0 Å². The van der Waals surface area contributed by atoms with Crippen molar-refractivity contribution >= 4 is 28.7 Å². The molecular weight excluding hydrogens is 334 g/mol. The van der Waals surface area contributed by atoms with E-state index in [0.29, 0.717) is 16.8 Å². The van der Waals surface area contributed by atoms with Crippen molar-refractivity contribution in [3.05, 3.63) is 52.8 Å². The summed E-state index contributed by atoms with van der Waals surface area (Å²) < 4.78 is 10.3. The molecule has 0 saturated carbocycles. The normalized spacial score (nSPS) is 10.7. The monoisotopic (exact) mass is 353 g/mol. The Labute approximate surface area is 150 Å². The highest BCUT2D eigenvalue weighted by atomic mass is 16.5. The molecule has 7 nitrogen and oxygen atoms in total. The zero-order valence-corrected chi connectivity index (χ0v) is 14.8. The number of esters is 1. The Morgan fingerprint density at radius 2 is 2.04 bits per heavy atom. The number of aryl methyl sites for hydroxylation is 2. The number of hydrogen-bond acceptors (Lipinski definition) is 6. The number of nitrogens with zero attached hydrogens (tertiary/aromatic N) is 2. The molecule has 1 N–H and O–H groups in total. The lowest BCUT2D eigenvalue weighted by Crippen LogP contribution is -2.16. The Hall–Kier alpha value is -3.22. The van der Waals surface area contributed by atoms with E-state index < -0.39 is 5.97 Å². The molecule has 0 aliphatic rings. The molecule has 1 amide bonds. The number of hydrogen-bond donors (Lipinski definition) is 1. The van der Waals surface area contributed by atoms with Gasteiger partial charge in [-0.2, -0.15) is 0 Å². The van der Waals surface area contributed by atoms with E-state index in [2.05, 4.69) is 15.5 Å². The zero-order chi connectivity index (χ0) is 18.7. The van der Waals surface area contributed by atoms with Crippen LogP contribution < -0.4 is 5.32 Å². The predicted octanol–water partition coefficient (Wildman–Crippen LogP) is 3.20. The summed E-state index contributed by atoms with van der Waals surface area (Å²) in [6.45, 7) is 5.94. The van der Waals surface area contributed by atoms with Crippen molar-refractivity contribution in [3.63, 3.8) is 0 Å². The Morgan fingerprint density at radius 1 is 1.23 bits per heavy atom. The Kier molecular flexibility index (Phi) is 4.97. The molecule has 0 unspecified atom stereocenters. The summed E-state index contributed by atoms with van der Waals surface area (Å²) in [5.41, 5.74) is 3.63. The Bertz CT molecular complexity index is 978. The largest absolute Gasteiger partial charge is 0.462 e. The zero-order valence-electron chi connectivity index (χ0n) is 14.8. The number of aromatic nitrogens is 2. The number of benzene rings is 1. The number of nitrogens with one attached hydrogen (secondary N) is 1. The lowest BCUT2D eigenvalue weighted by atomic mass is 10.0. The number of amides is 1. The fourth-order valence-corrected chi connectivity index (χ4v) is 2.82. The smallest absolute Gasteiger partial charge is 0.338 e. The first-order chi connectivity index (χ1) is 12.5. The molecular formula is C19H19N3O4. The molecule has 0 radical (unpaired) electrons. The highest BCUT2D eigenvalue weighted by molar-refractivity contribution is 5.96. The number of ether oxygens (including phenoxy) is 1. The third kappa shape index (κ3) is 3.72. The second-order valence-corrected chi connectivity index (χ2v) is 5.96. The quantitative estimate of drug-likeness (QED) is 0.708. The molecule has 0 bridgehead atoms. The summed E-state index contributed by atoms with van der Waals surface area (Å²) in [5.74, 6) is -0.478. The minimum atomic E-state index is -0.459. The van der Waals surface area contributed by atoms with Crippen LogP contribution in [0.15, 0.2) is 35.0 Å². The van der Waals surface area contributed by atoms with Crippen LogP contribution in [0.1, 0.15) is 34.1 Å². The number of carbonyl (C=O) groups excluding carboxylic acids is 2. The Morgan fingerprint density at radius 3 is 2.81 bits per heavy atom. The average molecular weight is 353 g/mol. The van der Waals surface area contributed by atoms with Gasteiger partial charge in [0.25, 0.3) is 0 Å². The van der Waals surface area contributed by atoms with Crippen molar-refractivity contribution in [2.75, 3.05) is 11.9 Å². The van der Waals surface area contributed by atoms with Crippen molar-refractivity contribution in [2.24, 2.45) is 0 Å². The summed E-state index contributed by atoms with van der Waals surface area (Å²) in [7, 11) is 0. The van der Waals surface area contributed by atoms with Crippen molar-refractivity contribution in [1.82, 2.24) is 10.1 Å². The summed E-state index contributed by atoms with van der Waals surface area (Å²) in [6, 6.07) is 6.92. The van der Waals surface area contributed by atoms with E-state index in [1.54, 1.807) is 6.92 Å². The minimum absolute atomic E-state index is 0.0439. The second kappa shape index (κ2) is 7.35. The summed E-state index contributed by atoms with van der Waals surface area (Å²) in [5, 5.41) is 7.54. The number of fused-ring (bicyclic) bond motifs is 1. The van der Waals surface area contributed by atoms with Gasteiger partial charge in [0.2, 0.25) is 5.91 Å². The molecule has 2 heterocycles. The predicted molar refractivity (Wildman–Crippen MR) is 96.0 cm³/mol. The number of anilines is 1. The van der Waals surface area contributed by atoms with Gasteiger partial charge in [-0.15, -0.1) is 0 Å². The lowest BCUT2D eigenvalue weighted by molar-refractivity contribution is -0.115. The maximum atomic E-state index is 12.4. The molecule has 0 fully saturated rings. The van der Waals surface area contributed by atoms with Crippen LogP contribution in [0.25, 0.3) is 11.0 Å². The van der Waals surface area contributed by atoms with Gasteiger partial charge in [0.15, 0.2) is 5.58 Å². The van der Waals surface area contributed by atoms with Gasteiger partial charge < -0.3 is 14.6 Å². The van der Waals surface area contributed by atoms with Crippen LogP contribution in [0.2, 0.25) is 0 Å². The maximum Gasteiger partial charge on any atom is 0.338 e. The van der Waals surface area contributed by atoms with E-state index in [1.165, 1.54) is 18.3 Å². The van der Waals surface area contributed by atoms with E-state index >= 15 is 0 Å². The fourth-order valence-electron chi connectivity index (χ4n) is 2.82. The van der Waals surface area contributed by atoms with Gasteiger partial charge in [0.1, 0.15) is 11.5 Å². The van der Waals surface area contributed by atoms with Crippen LogP contribution in [0.4, 0.5) is 5.82 Å². The van der Waals surface area contributed by atoms with Crippen LogP contribution in [0, 0.1) is 13.8 Å². The summed E-state index contributed by atoms with van der Waals surface area (Å²) >= 11 is 0. The van der Waals surface area contributed by atoms with Gasteiger partial charge in [-0.1, -0.05) is 11.2 Å². The molecule has 134 valence electrons. The SMILES string of the molecule is CCOC(=O)c1ccnc(NC(=O)Cc2noc3cc(C)cc(C)c23)c1. The first kappa shape index (κ1) is 17.6. The highest BCUT2D eigenvalue weighted by Gasteiger charge is 2.16. The molecule has 0 spiro atoms. The first-order valence-electron chi connectivity index (χ1n) is 8.26. The van der Waals surface area contributed by atoms with Crippen LogP contribution in [0.5, 0.6) is 0 Å². The third-order valence-electron chi connectivity index (χ3n) is 3.85. The number of pyridine rings is 1. The number of carbonyl (C=O) groups is 2. The van der Waals surface area contributed by atoms with Gasteiger partial charge >= 0.3 is 5.97 Å². The molecule has 0 aliphatic carbocycles. The number of rotatable bonds is 5. The molecule has 7 heteroatoms. The van der Waals surface area contributed by atoms with Gasteiger partial charge in [-0.3, -0.25) is 4.79 Å². The standard InChI is InChI=1S/C19H19N3O4/c1-4-25-19(24)13-5-6-20-16(9-13)21-17(23)10-14-18-12(3)7-11(2)8-15(18)26-22-14/h5-9H,4,10H2,1-3H3,(H,20,21,23). The molecule has 0 atom stereocenters. The molecule has 1 aromatic carbocycles. The average Bonchev–Trinajstić information content (AvgIpc) is 2.98. The van der Waals surface area contributed by atoms with E-state index in [-0.39, 0.29) is 24.8 Å². The lowest BCUT2D eigenvalue weighted by Gasteiger charge is -2.06. The van der Waals surface area contributed by atoms with Crippen molar-refractivity contribution in [1.29, 1.82) is 0 Å². The minimum Gasteiger partial charge on any atom is -0.462 e. The van der Waals surface area contributed by atoms with Crippen LogP contribution in [-0.2, 0) is 16.0 Å². The topological polar surface area (TPSA) is 94.3 Å². The van der Waals surface area contributed by atoms with Gasteiger partial charge in [-0.25, -0.2) is 9.78 Å². The second-order valence-electron chi connectivity index (χ2n) is 5.96. The maximum absolute atomic E-state index is 12.4.